The van der Waals surface area contributed by atoms with Crippen LogP contribution in [0, 0.1) is 5.82 Å². The first-order valence-corrected chi connectivity index (χ1v) is 5.63. The van der Waals surface area contributed by atoms with Gasteiger partial charge in [-0.1, -0.05) is 17.7 Å². The van der Waals surface area contributed by atoms with Gasteiger partial charge in [-0.3, -0.25) is 4.98 Å². The van der Waals surface area contributed by atoms with Gasteiger partial charge >= 0.3 is 0 Å². The lowest BCUT2D eigenvalue weighted by atomic mass is 10.1. The van der Waals surface area contributed by atoms with E-state index in [1.807, 2.05) is 0 Å². The molecule has 0 bridgehead atoms. The van der Waals surface area contributed by atoms with Gasteiger partial charge in [0.2, 0.25) is 0 Å². The molecule has 1 aromatic heterocycles. The minimum atomic E-state index is -1.06. The topological polar surface area (TPSA) is 42.4 Å². The monoisotopic (exact) mass is 267 g/mol. The number of pyridine rings is 1. The second-order valence-electron chi connectivity index (χ2n) is 3.67. The minimum absolute atomic E-state index is 0.0129. The van der Waals surface area contributed by atoms with Crippen molar-refractivity contribution in [3.63, 3.8) is 0 Å². The summed E-state index contributed by atoms with van der Waals surface area (Å²) in [5.41, 5.74) is 0.704. The molecule has 5 heteroatoms. The standard InChI is InChI=1S/C13H11ClFNO2/c1-18-11-3-2-6-16-12(11)13(17)8-4-5-9(14)10(15)7-8/h2-7,13,17H,1H3. The number of halogens is 2. The van der Waals surface area contributed by atoms with E-state index in [0.29, 0.717) is 17.0 Å². The van der Waals surface area contributed by atoms with E-state index in [2.05, 4.69) is 4.98 Å². The highest BCUT2D eigenvalue weighted by Gasteiger charge is 2.17. The molecule has 0 aliphatic carbocycles. The third kappa shape index (κ3) is 2.44. The summed E-state index contributed by atoms with van der Waals surface area (Å²) in [6.07, 6.45) is 0.473. The van der Waals surface area contributed by atoms with E-state index >= 15 is 0 Å². The molecule has 1 atom stereocenters. The number of hydrogen-bond donors (Lipinski definition) is 1. The van der Waals surface area contributed by atoms with Gasteiger partial charge in [-0.25, -0.2) is 4.39 Å². The highest BCUT2D eigenvalue weighted by molar-refractivity contribution is 6.30. The third-order valence-electron chi connectivity index (χ3n) is 2.54. The molecule has 0 spiro atoms. The molecule has 0 aliphatic rings. The zero-order chi connectivity index (χ0) is 13.1. The number of nitrogens with zero attached hydrogens (tertiary/aromatic N) is 1. The van der Waals surface area contributed by atoms with Gasteiger partial charge in [0.05, 0.1) is 12.1 Å². The number of aliphatic hydroxyl groups excluding tert-OH is 1. The van der Waals surface area contributed by atoms with E-state index < -0.39 is 11.9 Å². The molecule has 1 N–H and O–H groups in total. The van der Waals surface area contributed by atoms with E-state index in [1.54, 1.807) is 18.2 Å². The number of ether oxygens (including phenoxy) is 1. The maximum Gasteiger partial charge on any atom is 0.143 e. The number of aromatic nitrogens is 1. The molecule has 0 saturated carbocycles. The molecule has 0 saturated heterocycles. The quantitative estimate of drug-likeness (QED) is 0.930. The van der Waals surface area contributed by atoms with E-state index in [-0.39, 0.29) is 5.02 Å². The normalized spacial score (nSPS) is 12.2. The van der Waals surface area contributed by atoms with Crippen LogP contribution in [0.5, 0.6) is 5.75 Å². The second-order valence-corrected chi connectivity index (χ2v) is 4.07. The highest BCUT2D eigenvalue weighted by Crippen LogP contribution is 2.29. The third-order valence-corrected chi connectivity index (χ3v) is 2.84. The molecule has 94 valence electrons. The molecule has 3 nitrogen and oxygen atoms in total. The van der Waals surface area contributed by atoms with Crippen molar-refractivity contribution in [2.24, 2.45) is 0 Å². The van der Waals surface area contributed by atoms with Gasteiger partial charge in [0.25, 0.3) is 0 Å². The summed E-state index contributed by atoms with van der Waals surface area (Å²) in [4.78, 5) is 4.05. The summed E-state index contributed by atoms with van der Waals surface area (Å²) in [5.74, 6) is -0.136. The predicted octanol–water partition coefficient (Wildman–Crippen LogP) is 2.96. The Labute approximate surface area is 109 Å². The first-order chi connectivity index (χ1) is 8.63. The summed E-state index contributed by atoms with van der Waals surface area (Å²) in [6.45, 7) is 0. The lowest BCUT2D eigenvalue weighted by molar-refractivity contribution is 0.209. The van der Waals surface area contributed by atoms with Gasteiger partial charge in [0.1, 0.15) is 23.4 Å². The smallest absolute Gasteiger partial charge is 0.143 e. The Morgan fingerprint density at radius 3 is 2.83 bits per heavy atom. The lowest BCUT2D eigenvalue weighted by Crippen LogP contribution is -2.05. The zero-order valence-electron chi connectivity index (χ0n) is 9.60. The van der Waals surface area contributed by atoms with E-state index in [0.717, 1.165) is 0 Å². The van der Waals surface area contributed by atoms with Crippen LogP contribution in [0.4, 0.5) is 4.39 Å². The Hall–Kier alpha value is -1.65. The lowest BCUT2D eigenvalue weighted by Gasteiger charge is -2.14. The van der Waals surface area contributed by atoms with Crippen molar-refractivity contribution in [1.82, 2.24) is 4.98 Å². The number of aliphatic hydroxyl groups is 1. The van der Waals surface area contributed by atoms with Crippen LogP contribution >= 0.6 is 11.6 Å². The summed E-state index contributed by atoms with van der Waals surface area (Å²) in [7, 11) is 1.48. The van der Waals surface area contributed by atoms with Crippen LogP contribution in [0.15, 0.2) is 36.5 Å². The molecular formula is C13H11ClFNO2. The van der Waals surface area contributed by atoms with Crippen LogP contribution in [0.25, 0.3) is 0 Å². The minimum Gasteiger partial charge on any atom is -0.495 e. The van der Waals surface area contributed by atoms with Crippen LogP contribution in [0.3, 0.4) is 0 Å². The van der Waals surface area contributed by atoms with E-state index in [4.69, 9.17) is 16.3 Å². The van der Waals surface area contributed by atoms with Gasteiger partial charge in [-0.2, -0.15) is 0 Å². The SMILES string of the molecule is COc1cccnc1C(O)c1ccc(Cl)c(F)c1. The summed E-state index contributed by atoms with van der Waals surface area (Å²) in [6, 6.07) is 7.49. The van der Waals surface area contributed by atoms with Crippen molar-refractivity contribution in [1.29, 1.82) is 0 Å². The van der Waals surface area contributed by atoms with Crippen LogP contribution in [0.2, 0.25) is 5.02 Å². The maximum atomic E-state index is 13.3. The predicted molar refractivity (Wildman–Crippen MR) is 66.3 cm³/mol. The molecule has 2 rings (SSSR count). The van der Waals surface area contributed by atoms with Crippen LogP contribution in [-0.2, 0) is 0 Å². The molecular weight excluding hydrogens is 257 g/mol. The van der Waals surface area contributed by atoms with Crippen LogP contribution in [0.1, 0.15) is 17.4 Å². The van der Waals surface area contributed by atoms with Gasteiger partial charge < -0.3 is 9.84 Å². The molecule has 1 aromatic carbocycles. The van der Waals surface area contributed by atoms with E-state index in [1.165, 1.54) is 25.4 Å². The Morgan fingerprint density at radius 1 is 1.39 bits per heavy atom. The van der Waals surface area contributed by atoms with Crippen LogP contribution in [-0.4, -0.2) is 17.2 Å². The second kappa shape index (κ2) is 5.33. The average molecular weight is 268 g/mol. The molecule has 0 radical (unpaired) electrons. The molecule has 1 unspecified atom stereocenters. The highest BCUT2D eigenvalue weighted by atomic mass is 35.5. The number of methoxy groups -OCH3 is 1. The largest absolute Gasteiger partial charge is 0.495 e. The van der Waals surface area contributed by atoms with Crippen molar-refractivity contribution >= 4 is 11.6 Å². The first kappa shape index (κ1) is 12.8. The summed E-state index contributed by atoms with van der Waals surface area (Å²) >= 11 is 5.59. The Balaban J connectivity index is 2.41. The fourth-order valence-electron chi connectivity index (χ4n) is 1.62. The number of hydrogen-bond acceptors (Lipinski definition) is 3. The van der Waals surface area contributed by atoms with E-state index in [9.17, 15) is 9.50 Å². The fraction of sp³-hybridized carbons (Fsp3) is 0.154. The average Bonchev–Trinajstić information content (AvgIpc) is 2.41. The summed E-state index contributed by atoms with van der Waals surface area (Å²) in [5, 5.41) is 10.2. The molecule has 1 heterocycles. The first-order valence-electron chi connectivity index (χ1n) is 5.25. The van der Waals surface area contributed by atoms with Gasteiger partial charge in [0, 0.05) is 6.20 Å². The fourth-order valence-corrected chi connectivity index (χ4v) is 1.74. The molecule has 0 amide bonds. The van der Waals surface area contributed by atoms with Crippen molar-refractivity contribution in [3.05, 3.63) is 58.6 Å². The van der Waals surface area contributed by atoms with Crippen molar-refractivity contribution in [2.45, 2.75) is 6.10 Å². The van der Waals surface area contributed by atoms with Gasteiger partial charge in [0.15, 0.2) is 0 Å². The molecule has 2 aromatic rings. The van der Waals surface area contributed by atoms with Gasteiger partial charge in [-0.05, 0) is 29.8 Å². The Morgan fingerprint density at radius 2 is 2.17 bits per heavy atom. The number of rotatable bonds is 3. The zero-order valence-corrected chi connectivity index (χ0v) is 10.4. The Kier molecular flexibility index (Phi) is 3.79. The molecule has 0 fully saturated rings. The number of benzene rings is 1. The summed E-state index contributed by atoms with van der Waals surface area (Å²) < 4.78 is 18.4. The Bertz CT molecular complexity index is 562. The van der Waals surface area contributed by atoms with Crippen molar-refractivity contribution in [2.75, 3.05) is 7.11 Å². The molecule has 18 heavy (non-hydrogen) atoms. The van der Waals surface area contributed by atoms with Crippen molar-refractivity contribution < 1.29 is 14.2 Å². The maximum absolute atomic E-state index is 13.3. The van der Waals surface area contributed by atoms with Crippen LogP contribution < -0.4 is 4.74 Å². The van der Waals surface area contributed by atoms with Crippen molar-refractivity contribution in [3.8, 4) is 5.75 Å². The molecule has 0 aliphatic heterocycles. The van der Waals surface area contributed by atoms with Gasteiger partial charge in [-0.15, -0.1) is 0 Å².